The molecule has 2 atom stereocenters. The van der Waals surface area contributed by atoms with E-state index in [1.54, 1.807) is 48.3 Å². The van der Waals surface area contributed by atoms with Crippen LogP contribution in [0.4, 0.5) is 14.5 Å². The van der Waals surface area contributed by atoms with E-state index in [1.807, 2.05) is 12.1 Å². The number of hydrogen-bond donors (Lipinski definition) is 1. The Labute approximate surface area is 221 Å². The van der Waals surface area contributed by atoms with Gasteiger partial charge in [-0.25, -0.2) is 13.8 Å². The Morgan fingerprint density at radius 3 is 2.54 bits per heavy atom. The highest BCUT2D eigenvalue weighted by atomic mass is 35.5. The van der Waals surface area contributed by atoms with Gasteiger partial charge in [0.25, 0.3) is 5.91 Å². The number of benzene rings is 3. The van der Waals surface area contributed by atoms with Gasteiger partial charge >= 0.3 is 0 Å². The third-order valence-electron chi connectivity index (χ3n) is 6.09. The van der Waals surface area contributed by atoms with Crippen molar-refractivity contribution in [3.63, 3.8) is 0 Å². The highest BCUT2D eigenvalue weighted by Gasteiger charge is 2.39. The molecule has 0 aliphatic carbocycles. The zero-order valence-corrected chi connectivity index (χ0v) is 21.2. The van der Waals surface area contributed by atoms with Crippen molar-refractivity contribution in [2.24, 2.45) is 10.1 Å². The Morgan fingerprint density at radius 2 is 1.84 bits per heavy atom. The molecule has 2 aliphatic rings. The quantitative estimate of drug-likeness (QED) is 0.426. The predicted octanol–water partition coefficient (Wildman–Crippen LogP) is 6.10. The highest BCUT2D eigenvalue weighted by molar-refractivity contribution is 8.15. The van der Waals surface area contributed by atoms with Gasteiger partial charge in [0, 0.05) is 23.6 Å². The van der Waals surface area contributed by atoms with E-state index in [4.69, 9.17) is 16.7 Å². The van der Waals surface area contributed by atoms with Crippen molar-refractivity contribution in [3.8, 4) is 0 Å². The summed E-state index contributed by atoms with van der Waals surface area (Å²) >= 11 is 7.23. The lowest BCUT2D eigenvalue weighted by molar-refractivity contribution is -0.121. The van der Waals surface area contributed by atoms with Crippen LogP contribution < -0.4 is 5.32 Å². The first kappa shape index (κ1) is 25.1. The molecule has 2 heterocycles. The van der Waals surface area contributed by atoms with Gasteiger partial charge in [-0.2, -0.15) is 10.1 Å². The number of hydrogen-bond acceptors (Lipinski definition) is 5. The summed E-state index contributed by atoms with van der Waals surface area (Å²) in [4.78, 5) is 29.5. The Kier molecular flexibility index (Phi) is 7.08. The lowest BCUT2D eigenvalue weighted by atomic mass is 9.99. The lowest BCUT2D eigenvalue weighted by Crippen LogP contribution is -2.25. The number of rotatable bonds is 5. The molecular formula is C27H21ClF2N4O2S. The first-order valence-corrected chi connectivity index (χ1v) is 12.8. The number of thioether (sulfide) groups is 1. The maximum absolute atomic E-state index is 13.8. The van der Waals surface area contributed by atoms with E-state index >= 15 is 0 Å². The third-order valence-corrected chi connectivity index (χ3v) is 7.49. The molecule has 2 amide bonds. The molecule has 3 aromatic rings. The van der Waals surface area contributed by atoms with Crippen molar-refractivity contribution in [1.82, 2.24) is 5.01 Å². The number of amidine groups is 1. The number of nitrogens with one attached hydrogen (secondary N) is 1. The van der Waals surface area contributed by atoms with Crippen LogP contribution in [0.1, 0.15) is 35.6 Å². The van der Waals surface area contributed by atoms with Crippen molar-refractivity contribution in [1.29, 1.82) is 0 Å². The summed E-state index contributed by atoms with van der Waals surface area (Å²) < 4.78 is 27.3. The molecule has 1 N–H and O–H groups in total. The molecule has 0 fully saturated rings. The Hall–Kier alpha value is -3.56. The molecule has 0 unspecified atom stereocenters. The van der Waals surface area contributed by atoms with E-state index in [-0.39, 0.29) is 18.3 Å². The second kappa shape index (κ2) is 10.4. The van der Waals surface area contributed by atoms with E-state index in [0.29, 0.717) is 27.9 Å². The van der Waals surface area contributed by atoms with Crippen LogP contribution in [-0.4, -0.2) is 33.0 Å². The van der Waals surface area contributed by atoms with Gasteiger partial charge in [-0.05, 0) is 60.0 Å². The Morgan fingerprint density at radius 1 is 1.11 bits per heavy atom. The van der Waals surface area contributed by atoms with Gasteiger partial charge in [-0.3, -0.25) is 9.59 Å². The van der Waals surface area contributed by atoms with Crippen LogP contribution in [0, 0.1) is 18.6 Å². The first-order valence-electron chi connectivity index (χ1n) is 11.5. The van der Waals surface area contributed by atoms with Gasteiger partial charge in [0.05, 0.1) is 11.8 Å². The number of carbonyl (C=O) groups is 2. The van der Waals surface area contributed by atoms with E-state index in [9.17, 15) is 18.4 Å². The molecule has 37 heavy (non-hydrogen) atoms. The molecule has 10 heteroatoms. The number of halogens is 3. The second-order valence-corrected chi connectivity index (χ2v) is 10.3. The molecule has 3 aromatic carbocycles. The molecule has 188 valence electrons. The van der Waals surface area contributed by atoms with Crippen molar-refractivity contribution in [2.45, 2.75) is 31.1 Å². The fourth-order valence-corrected chi connectivity index (χ4v) is 5.29. The van der Waals surface area contributed by atoms with Gasteiger partial charge in [0.15, 0.2) is 5.17 Å². The summed E-state index contributed by atoms with van der Waals surface area (Å²) in [5, 5.41) is 9.28. The summed E-state index contributed by atoms with van der Waals surface area (Å²) in [5.74, 6) is -1.63. The van der Waals surface area contributed by atoms with Crippen molar-refractivity contribution in [3.05, 3.63) is 100 Å². The van der Waals surface area contributed by atoms with E-state index in [0.717, 1.165) is 28.6 Å². The number of nitrogens with zero attached hydrogens (tertiary/aromatic N) is 3. The van der Waals surface area contributed by atoms with Crippen LogP contribution in [0.15, 0.2) is 76.8 Å². The summed E-state index contributed by atoms with van der Waals surface area (Å²) in [6.45, 7) is 1.63. The zero-order chi connectivity index (χ0) is 26.1. The topological polar surface area (TPSA) is 74.1 Å². The fraction of sp³-hybridized carbons (Fsp3) is 0.185. The molecule has 0 aromatic heterocycles. The first-order chi connectivity index (χ1) is 17.8. The number of anilines is 1. The van der Waals surface area contributed by atoms with E-state index in [1.165, 1.54) is 18.2 Å². The second-order valence-electron chi connectivity index (χ2n) is 8.73. The number of amides is 2. The van der Waals surface area contributed by atoms with Crippen LogP contribution in [0.3, 0.4) is 0 Å². The Bertz CT molecular complexity index is 1430. The van der Waals surface area contributed by atoms with Gasteiger partial charge < -0.3 is 5.32 Å². The standard InChI is InChI=1S/C27H21ClF2N4O2S/c1-15-2-11-20(12-21(15)30)31-25(35)14-24-26(36)32-27(37-24)34-23(17-3-7-18(28)8-4-17)13-22(33-34)16-5-9-19(29)10-6-16/h2-12,23-24H,13-14H2,1H3,(H,31,35)/t23-,24-/m1/s1. The van der Waals surface area contributed by atoms with Crippen LogP contribution in [0.2, 0.25) is 5.02 Å². The predicted molar refractivity (Wildman–Crippen MR) is 142 cm³/mol. The van der Waals surface area contributed by atoms with Crippen LogP contribution in [-0.2, 0) is 9.59 Å². The van der Waals surface area contributed by atoms with E-state index < -0.39 is 22.9 Å². The van der Waals surface area contributed by atoms with Crippen LogP contribution in [0.5, 0.6) is 0 Å². The number of aliphatic imine (C=N–C) groups is 1. The van der Waals surface area contributed by atoms with Crippen molar-refractivity contribution >= 4 is 51.7 Å². The SMILES string of the molecule is Cc1ccc(NC(=O)C[C@H]2SC(N3N=C(c4ccc(F)cc4)C[C@@H]3c3ccc(Cl)cc3)=NC2=O)cc1F. The van der Waals surface area contributed by atoms with Gasteiger partial charge in [-0.1, -0.05) is 53.7 Å². The summed E-state index contributed by atoms with van der Waals surface area (Å²) in [7, 11) is 0. The average Bonchev–Trinajstić information content (AvgIpc) is 3.46. The minimum Gasteiger partial charge on any atom is -0.326 e. The van der Waals surface area contributed by atoms with Crippen molar-refractivity contribution in [2.75, 3.05) is 5.32 Å². The third kappa shape index (κ3) is 5.57. The largest absolute Gasteiger partial charge is 0.326 e. The normalized spacial score (nSPS) is 19.1. The molecule has 5 rings (SSSR count). The van der Waals surface area contributed by atoms with Crippen LogP contribution in [0.25, 0.3) is 0 Å². The number of aryl methyl sites for hydroxylation is 1. The molecule has 0 bridgehead atoms. The van der Waals surface area contributed by atoms with Gasteiger partial charge in [-0.15, -0.1) is 0 Å². The molecular weight excluding hydrogens is 518 g/mol. The zero-order valence-electron chi connectivity index (χ0n) is 19.6. The van der Waals surface area contributed by atoms with Gasteiger partial charge in [0.1, 0.15) is 16.9 Å². The van der Waals surface area contributed by atoms with Gasteiger partial charge in [0.2, 0.25) is 5.91 Å². The monoisotopic (exact) mass is 538 g/mol. The average molecular weight is 539 g/mol. The molecule has 0 saturated carbocycles. The lowest BCUT2D eigenvalue weighted by Gasteiger charge is -2.23. The summed E-state index contributed by atoms with van der Waals surface area (Å²) in [6.07, 6.45) is 0.380. The molecule has 0 spiro atoms. The van der Waals surface area contributed by atoms with Crippen LogP contribution >= 0.6 is 23.4 Å². The molecule has 0 saturated heterocycles. The molecule has 2 aliphatic heterocycles. The summed E-state index contributed by atoms with van der Waals surface area (Å²) in [5.41, 5.74) is 3.19. The number of carbonyl (C=O) groups excluding carboxylic acids is 2. The maximum atomic E-state index is 13.8. The Balaban J connectivity index is 1.34. The van der Waals surface area contributed by atoms with E-state index in [2.05, 4.69) is 10.3 Å². The minimum absolute atomic E-state index is 0.125. The minimum atomic E-state index is -0.735. The fourth-order valence-electron chi connectivity index (χ4n) is 4.10. The maximum Gasteiger partial charge on any atom is 0.262 e. The van der Waals surface area contributed by atoms with Crippen molar-refractivity contribution < 1.29 is 18.4 Å². The smallest absolute Gasteiger partial charge is 0.262 e. The number of hydrazone groups is 1. The summed E-state index contributed by atoms with van der Waals surface area (Å²) in [6, 6.07) is 17.5. The molecule has 6 nitrogen and oxygen atoms in total. The highest BCUT2D eigenvalue weighted by Crippen LogP contribution is 2.39. The molecule has 0 radical (unpaired) electrons.